The van der Waals surface area contributed by atoms with E-state index in [0.717, 1.165) is 22.3 Å². The topological polar surface area (TPSA) is 115 Å². The summed E-state index contributed by atoms with van der Waals surface area (Å²) in [6.07, 6.45) is 0. The number of aryl methyl sites for hydroxylation is 1. The zero-order chi connectivity index (χ0) is 27.3. The average Bonchev–Trinajstić information content (AvgIpc) is 2.92. The molecule has 192 valence electrons. The summed E-state index contributed by atoms with van der Waals surface area (Å²) in [5.41, 5.74) is 5.51. The molecule has 0 saturated carbocycles. The number of nitrogens with one attached hydrogen (secondary N) is 2. The van der Waals surface area contributed by atoms with E-state index in [0.29, 0.717) is 38.9 Å². The number of aromatic nitrogens is 2. The predicted molar refractivity (Wildman–Crippen MR) is 154 cm³/mol. The summed E-state index contributed by atoms with van der Waals surface area (Å²) in [6, 6.07) is 22.8. The number of hydrogen-bond donors (Lipinski definition) is 4. The Hall–Kier alpha value is -4.88. The van der Waals surface area contributed by atoms with Gasteiger partial charge in [-0.2, -0.15) is 0 Å². The van der Waals surface area contributed by atoms with Crippen molar-refractivity contribution in [2.24, 2.45) is 0 Å². The fraction of sp³-hybridized carbons (Fsp3) is 0.0645. The lowest BCUT2D eigenvalue weighted by atomic mass is 9.89. The molecule has 2 aliphatic rings. The quantitative estimate of drug-likeness (QED) is 0.180. The second-order valence-corrected chi connectivity index (χ2v) is 9.76. The standard InChI is InChI=1S/C31H22ClN3O4/c1-16-9-10-17-5-4-8-24(29(17)34-16)33-15-22-26(36)12-11-20-28(18-6-2-3-7-19(18)31(38)39)21-13-23(32)27(37)14-25(21)35-30(20)22/h2-14,33,35-36H,15H2,1H3,(H,38,39). The molecule has 0 bridgehead atoms. The molecule has 0 atom stereocenters. The number of phenols is 1. The molecule has 1 aromatic heterocycles. The van der Waals surface area contributed by atoms with E-state index >= 15 is 0 Å². The number of carboxylic acid groups (broad SMARTS) is 1. The summed E-state index contributed by atoms with van der Waals surface area (Å²) in [7, 11) is 0. The number of aromatic hydroxyl groups is 1. The van der Waals surface area contributed by atoms with E-state index in [1.807, 2.05) is 37.3 Å². The number of carboxylic acids is 1. The summed E-state index contributed by atoms with van der Waals surface area (Å²) in [4.78, 5) is 32.6. The molecule has 6 rings (SSSR count). The van der Waals surface area contributed by atoms with Crippen LogP contribution in [0.1, 0.15) is 21.6 Å². The van der Waals surface area contributed by atoms with Gasteiger partial charge >= 0.3 is 5.97 Å². The number of anilines is 1. The lowest BCUT2D eigenvalue weighted by Gasteiger charge is -2.20. The van der Waals surface area contributed by atoms with Crippen LogP contribution in [0.4, 0.5) is 5.69 Å². The van der Waals surface area contributed by atoms with Crippen LogP contribution >= 0.6 is 11.6 Å². The van der Waals surface area contributed by atoms with Crippen LogP contribution in [0.2, 0.25) is 5.02 Å². The number of aromatic amines is 1. The Labute approximate surface area is 227 Å². The zero-order valence-electron chi connectivity index (χ0n) is 20.7. The first kappa shape index (κ1) is 24.5. The molecule has 7 nitrogen and oxygen atoms in total. The molecule has 8 heteroatoms. The molecule has 39 heavy (non-hydrogen) atoms. The first-order valence-electron chi connectivity index (χ1n) is 12.2. The summed E-state index contributed by atoms with van der Waals surface area (Å²) >= 11 is 6.23. The molecule has 2 heterocycles. The number of carbonyl (C=O) groups is 1. The molecule has 0 spiro atoms. The molecule has 0 saturated heterocycles. The highest BCUT2D eigenvalue weighted by atomic mass is 35.5. The van der Waals surface area contributed by atoms with E-state index in [2.05, 4.69) is 15.3 Å². The van der Waals surface area contributed by atoms with Crippen molar-refractivity contribution in [2.45, 2.75) is 13.5 Å². The Morgan fingerprint density at radius 2 is 1.82 bits per heavy atom. The number of aromatic carboxylic acids is 1. The number of benzene rings is 4. The van der Waals surface area contributed by atoms with Crippen LogP contribution in [0.3, 0.4) is 0 Å². The van der Waals surface area contributed by atoms with Crippen molar-refractivity contribution in [1.29, 1.82) is 0 Å². The number of phenolic OH excluding ortho intramolecular Hbond substituents is 1. The smallest absolute Gasteiger partial charge is 0.336 e. The zero-order valence-corrected chi connectivity index (χ0v) is 21.5. The molecule has 0 fully saturated rings. The van der Waals surface area contributed by atoms with Crippen LogP contribution in [-0.4, -0.2) is 26.2 Å². The number of halogens is 1. The number of pyridine rings is 2. The van der Waals surface area contributed by atoms with E-state index < -0.39 is 5.97 Å². The van der Waals surface area contributed by atoms with Crippen LogP contribution in [0, 0.1) is 6.92 Å². The van der Waals surface area contributed by atoms with E-state index in [1.165, 1.54) is 12.1 Å². The number of H-pyrrole nitrogens is 1. The van der Waals surface area contributed by atoms with Gasteiger partial charge in [-0.25, -0.2) is 4.79 Å². The third kappa shape index (κ3) is 4.23. The fourth-order valence-electron chi connectivity index (χ4n) is 5.06. The maximum atomic E-state index is 12.5. The minimum absolute atomic E-state index is 0.0312. The lowest BCUT2D eigenvalue weighted by molar-refractivity contribution is 0.0697. The second kappa shape index (κ2) is 9.45. The molecular formula is C31H22ClN3O4. The van der Waals surface area contributed by atoms with E-state index in [4.69, 9.17) is 11.6 Å². The van der Waals surface area contributed by atoms with Gasteiger partial charge in [-0.3, -0.25) is 9.78 Å². The van der Waals surface area contributed by atoms with Crippen LogP contribution in [-0.2, 0) is 6.54 Å². The van der Waals surface area contributed by atoms with Crippen LogP contribution in [0.5, 0.6) is 5.75 Å². The second-order valence-electron chi connectivity index (χ2n) is 9.35. The van der Waals surface area contributed by atoms with Gasteiger partial charge in [-0.1, -0.05) is 48.0 Å². The van der Waals surface area contributed by atoms with Crippen molar-refractivity contribution in [2.75, 3.05) is 5.32 Å². The Balaban J connectivity index is 1.60. The molecule has 4 N–H and O–H groups in total. The molecule has 0 radical (unpaired) electrons. The average molecular weight is 536 g/mol. The molecule has 1 aliphatic heterocycles. The van der Waals surface area contributed by atoms with E-state index in [-0.39, 0.29) is 28.3 Å². The molecule has 1 aliphatic carbocycles. The number of hydrogen-bond acceptors (Lipinski definition) is 5. The Bertz CT molecular complexity index is 1960. The predicted octanol–water partition coefficient (Wildman–Crippen LogP) is 6.83. The highest BCUT2D eigenvalue weighted by molar-refractivity contribution is 6.31. The van der Waals surface area contributed by atoms with Crippen molar-refractivity contribution in [3.05, 3.63) is 111 Å². The lowest BCUT2D eigenvalue weighted by Crippen LogP contribution is -2.08. The highest BCUT2D eigenvalue weighted by Crippen LogP contribution is 2.42. The van der Waals surface area contributed by atoms with Gasteiger partial charge in [0.25, 0.3) is 0 Å². The van der Waals surface area contributed by atoms with Gasteiger partial charge in [0, 0.05) is 45.8 Å². The number of fused-ring (bicyclic) bond motifs is 3. The summed E-state index contributed by atoms with van der Waals surface area (Å²) < 4.78 is 0. The van der Waals surface area contributed by atoms with Gasteiger partial charge < -0.3 is 20.5 Å². The molecule has 0 unspecified atom stereocenters. The number of rotatable bonds is 5. The molecular weight excluding hydrogens is 514 g/mol. The van der Waals surface area contributed by atoms with Crippen molar-refractivity contribution >= 4 is 45.1 Å². The van der Waals surface area contributed by atoms with Gasteiger partial charge in [0.1, 0.15) is 5.75 Å². The van der Waals surface area contributed by atoms with Gasteiger partial charge in [-0.15, -0.1) is 0 Å². The van der Waals surface area contributed by atoms with E-state index in [1.54, 1.807) is 36.4 Å². The Morgan fingerprint density at radius 1 is 1.00 bits per heavy atom. The Morgan fingerprint density at radius 3 is 2.64 bits per heavy atom. The van der Waals surface area contributed by atoms with Crippen molar-refractivity contribution in [3.63, 3.8) is 0 Å². The van der Waals surface area contributed by atoms with Crippen LogP contribution in [0.15, 0.2) is 83.7 Å². The highest BCUT2D eigenvalue weighted by Gasteiger charge is 2.23. The number of para-hydroxylation sites is 1. The maximum Gasteiger partial charge on any atom is 0.336 e. The van der Waals surface area contributed by atoms with Crippen molar-refractivity contribution < 1.29 is 15.0 Å². The van der Waals surface area contributed by atoms with Gasteiger partial charge in [0.2, 0.25) is 0 Å². The van der Waals surface area contributed by atoms with Gasteiger partial charge in [0.05, 0.1) is 33.0 Å². The summed E-state index contributed by atoms with van der Waals surface area (Å²) in [6.45, 7) is 2.16. The summed E-state index contributed by atoms with van der Waals surface area (Å²) in [5, 5.41) is 26.0. The molecule has 3 aromatic carbocycles. The maximum absolute atomic E-state index is 12.5. The van der Waals surface area contributed by atoms with Crippen LogP contribution in [0.25, 0.3) is 44.2 Å². The van der Waals surface area contributed by atoms with Gasteiger partial charge in [-0.05, 0) is 48.9 Å². The molecule has 0 amide bonds. The third-order valence-electron chi connectivity index (χ3n) is 6.90. The third-order valence-corrected chi connectivity index (χ3v) is 7.20. The van der Waals surface area contributed by atoms with Crippen molar-refractivity contribution in [3.8, 4) is 28.1 Å². The van der Waals surface area contributed by atoms with Gasteiger partial charge in [0.15, 0.2) is 5.43 Å². The minimum atomic E-state index is -1.08. The Kier molecular flexibility index (Phi) is 5.93. The normalized spacial score (nSPS) is 11.3. The van der Waals surface area contributed by atoms with Crippen molar-refractivity contribution in [1.82, 2.24) is 9.97 Å². The largest absolute Gasteiger partial charge is 0.508 e. The first-order valence-corrected chi connectivity index (χ1v) is 12.6. The number of nitrogens with zero attached hydrogens (tertiary/aromatic N) is 1. The summed E-state index contributed by atoms with van der Waals surface area (Å²) in [5.74, 6) is -1.03. The molecule has 4 aromatic rings. The minimum Gasteiger partial charge on any atom is -0.508 e. The first-order chi connectivity index (χ1) is 18.8. The SMILES string of the molecule is Cc1ccc2cccc(NCc3c(O)ccc4c(-c5ccccc5C(=O)O)c5cc(Cl)c(=O)cc-5[nH]c34)c2n1. The van der Waals surface area contributed by atoms with Crippen LogP contribution < -0.4 is 10.7 Å². The fourth-order valence-corrected chi connectivity index (χ4v) is 5.22. The monoisotopic (exact) mass is 535 g/mol. The van der Waals surface area contributed by atoms with E-state index in [9.17, 15) is 19.8 Å².